The number of nitriles is 1. The van der Waals surface area contributed by atoms with Crippen molar-refractivity contribution in [2.45, 2.75) is 26.4 Å². The highest BCUT2D eigenvalue weighted by Gasteiger charge is 2.20. The van der Waals surface area contributed by atoms with Crippen molar-refractivity contribution in [2.24, 2.45) is 0 Å². The molecule has 1 unspecified atom stereocenters. The molecule has 7 nitrogen and oxygen atoms in total. The zero-order valence-corrected chi connectivity index (χ0v) is 12.0. The molecule has 0 spiro atoms. The quantitative estimate of drug-likeness (QED) is 0.822. The van der Waals surface area contributed by atoms with Gasteiger partial charge in [-0.15, -0.1) is 5.10 Å². The first-order chi connectivity index (χ1) is 10.2. The lowest BCUT2D eigenvalue weighted by atomic mass is 10.0. The molecule has 0 aliphatic rings. The fourth-order valence-corrected chi connectivity index (χ4v) is 2.16. The van der Waals surface area contributed by atoms with E-state index in [1.54, 1.807) is 17.0 Å². The third kappa shape index (κ3) is 3.42. The number of likely N-dealkylation sites (N-methyl/N-ethyl adjacent to an activating group) is 1. The van der Waals surface area contributed by atoms with Crippen molar-refractivity contribution in [1.29, 1.82) is 5.26 Å². The molecular formula is C14H16N6O. The number of carbonyl (C=O) groups excluding carboxylic acids is 1. The van der Waals surface area contributed by atoms with Crippen LogP contribution in [0.2, 0.25) is 0 Å². The van der Waals surface area contributed by atoms with Crippen LogP contribution in [0.15, 0.2) is 30.6 Å². The van der Waals surface area contributed by atoms with E-state index in [0.717, 1.165) is 5.56 Å². The van der Waals surface area contributed by atoms with Gasteiger partial charge in [-0.3, -0.25) is 4.79 Å². The number of tetrazole rings is 1. The maximum atomic E-state index is 12.3. The van der Waals surface area contributed by atoms with Crippen molar-refractivity contribution in [3.63, 3.8) is 0 Å². The highest BCUT2D eigenvalue weighted by Crippen LogP contribution is 2.20. The SMILES string of the molecule is CCN(C(=O)Cn1cnnn1)C(C)c1ccc(C#N)cc1. The number of rotatable bonds is 5. The van der Waals surface area contributed by atoms with Crippen LogP contribution in [0.3, 0.4) is 0 Å². The summed E-state index contributed by atoms with van der Waals surface area (Å²) in [5.41, 5.74) is 1.59. The van der Waals surface area contributed by atoms with Crippen LogP contribution in [0, 0.1) is 11.3 Å². The molecule has 0 N–H and O–H groups in total. The fraction of sp³-hybridized carbons (Fsp3) is 0.357. The minimum Gasteiger partial charge on any atom is -0.335 e. The summed E-state index contributed by atoms with van der Waals surface area (Å²) in [4.78, 5) is 14.1. The van der Waals surface area contributed by atoms with E-state index in [1.807, 2.05) is 26.0 Å². The molecular weight excluding hydrogens is 268 g/mol. The number of aromatic nitrogens is 4. The van der Waals surface area contributed by atoms with Gasteiger partial charge in [0.25, 0.3) is 0 Å². The topological polar surface area (TPSA) is 87.7 Å². The minimum absolute atomic E-state index is 0.0540. The predicted octanol–water partition coefficient (Wildman–Crippen LogP) is 1.15. The Bertz CT molecular complexity index is 628. The van der Waals surface area contributed by atoms with E-state index in [-0.39, 0.29) is 18.5 Å². The molecule has 108 valence electrons. The van der Waals surface area contributed by atoms with Gasteiger partial charge in [-0.2, -0.15) is 5.26 Å². The summed E-state index contributed by atoms with van der Waals surface area (Å²) >= 11 is 0. The predicted molar refractivity (Wildman–Crippen MR) is 74.8 cm³/mol. The lowest BCUT2D eigenvalue weighted by Gasteiger charge is -2.28. The molecule has 21 heavy (non-hydrogen) atoms. The second-order valence-corrected chi connectivity index (χ2v) is 4.60. The first kappa shape index (κ1) is 14.7. The summed E-state index contributed by atoms with van der Waals surface area (Å²) in [5, 5.41) is 19.5. The molecule has 0 saturated carbocycles. The summed E-state index contributed by atoms with van der Waals surface area (Å²) in [5.74, 6) is -0.0540. The Kier molecular flexibility index (Phi) is 4.61. The van der Waals surface area contributed by atoms with Gasteiger partial charge in [0.05, 0.1) is 17.7 Å². The van der Waals surface area contributed by atoms with E-state index in [4.69, 9.17) is 5.26 Å². The van der Waals surface area contributed by atoms with E-state index >= 15 is 0 Å². The molecule has 0 aliphatic heterocycles. The van der Waals surface area contributed by atoms with E-state index in [9.17, 15) is 4.79 Å². The van der Waals surface area contributed by atoms with Gasteiger partial charge in [0.1, 0.15) is 12.9 Å². The molecule has 1 heterocycles. The molecule has 1 aromatic heterocycles. The molecule has 1 amide bonds. The maximum absolute atomic E-state index is 12.3. The Morgan fingerprint density at radius 2 is 2.14 bits per heavy atom. The van der Waals surface area contributed by atoms with E-state index < -0.39 is 0 Å². The zero-order valence-electron chi connectivity index (χ0n) is 12.0. The standard InChI is InChI=1S/C14H16N6O/c1-3-20(14(21)9-19-10-16-17-18-19)11(2)13-6-4-12(8-15)5-7-13/h4-7,10-11H,3,9H2,1-2H3. The molecule has 2 rings (SSSR count). The van der Waals surface area contributed by atoms with Gasteiger partial charge in [-0.25, -0.2) is 4.68 Å². The maximum Gasteiger partial charge on any atom is 0.244 e. The van der Waals surface area contributed by atoms with Gasteiger partial charge in [-0.05, 0) is 42.0 Å². The number of amides is 1. The summed E-state index contributed by atoms with van der Waals surface area (Å²) in [6, 6.07) is 9.26. The average Bonchev–Trinajstić information content (AvgIpc) is 3.01. The Morgan fingerprint density at radius 1 is 1.43 bits per heavy atom. The largest absolute Gasteiger partial charge is 0.335 e. The van der Waals surface area contributed by atoms with Crippen molar-refractivity contribution in [1.82, 2.24) is 25.1 Å². The normalized spacial score (nSPS) is 11.7. The molecule has 0 bridgehead atoms. The van der Waals surface area contributed by atoms with Gasteiger partial charge in [0, 0.05) is 6.54 Å². The summed E-state index contributed by atoms with van der Waals surface area (Å²) in [7, 11) is 0. The van der Waals surface area contributed by atoms with Crippen molar-refractivity contribution in [3.05, 3.63) is 41.7 Å². The molecule has 0 aliphatic carbocycles. The lowest BCUT2D eigenvalue weighted by Crippen LogP contribution is -2.36. The summed E-state index contributed by atoms with van der Waals surface area (Å²) in [6.07, 6.45) is 1.41. The highest BCUT2D eigenvalue weighted by molar-refractivity contribution is 5.76. The number of hydrogen-bond donors (Lipinski definition) is 0. The Morgan fingerprint density at radius 3 is 2.67 bits per heavy atom. The van der Waals surface area contributed by atoms with Crippen LogP contribution in [-0.4, -0.2) is 37.6 Å². The molecule has 1 atom stereocenters. The Balaban J connectivity index is 2.11. The Hall–Kier alpha value is -2.75. The molecule has 0 saturated heterocycles. The van der Waals surface area contributed by atoms with Crippen molar-refractivity contribution in [3.8, 4) is 6.07 Å². The van der Waals surface area contributed by atoms with Crippen molar-refractivity contribution >= 4 is 5.91 Å². The first-order valence-electron chi connectivity index (χ1n) is 6.66. The second-order valence-electron chi connectivity index (χ2n) is 4.60. The van der Waals surface area contributed by atoms with Gasteiger partial charge < -0.3 is 4.90 Å². The van der Waals surface area contributed by atoms with Gasteiger partial charge in [-0.1, -0.05) is 12.1 Å². The highest BCUT2D eigenvalue weighted by atomic mass is 16.2. The van der Waals surface area contributed by atoms with Crippen molar-refractivity contribution in [2.75, 3.05) is 6.54 Å². The molecule has 7 heteroatoms. The molecule has 0 radical (unpaired) electrons. The number of carbonyl (C=O) groups is 1. The third-order valence-corrected chi connectivity index (χ3v) is 3.34. The minimum atomic E-state index is -0.0771. The van der Waals surface area contributed by atoms with Gasteiger partial charge >= 0.3 is 0 Å². The summed E-state index contributed by atoms with van der Waals surface area (Å²) in [6.45, 7) is 4.59. The van der Waals surface area contributed by atoms with Gasteiger partial charge in [0.15, 0.2) is 0 Å². The molecule has 2 aromatic rings. The Labute approximate surface area is 122 Å². The number of hydrogen-bond acceptors (Lipinski definition) is 5. The monoisotopic (exact) mass is 284 g/mol. The smallest absolute Gasteiger partial charge is 0.244 e. The van der Waals surface area contributed by atoms with Crippen molar-refractivity contribution < 1.29 is 4.79 Å². The van der Waals surface area contributed by atoms with E-state index in [0.29, 0.717) is 12.1 Å². The molecule has 0 fully saturated rings. The average molecular weight is 284 g/mol. The second kappa shape index (κ2) is 6.61. The number of nitrogens with zero attached hydrogens (tertiary/aromatic N) is 6. The summed E-state index contributed by atoms with van der Waals surface area (Å²) < 4.78 is 1.40. The van der Waals surface area contributed by atoms with Crippen LogP contribution >= 0.6 is 0 Å². The van der Waals surface area contributed by atoms with Gasteiger partial charge in [0.2, 0.25) is 5.91 Å². The third-order valence-electron chi connectivity index (χ3n) is 3.34. The lowest BCUT2D eigenvalue weighted by molar-refractivity contribution is -0.134. The zero-order chi connectivity index (χ0) is 15.2. The first-order valence-corrected chi connectivity index (χ1v) is 6.66. The van der Waals surface area contributed by atoms with Crippen LogP contribution in [-0.2, 0) is 11.3 Å². The van der Waals surface area contributed by atoms with Crippen LogP contribution in [0.25, 0.3) is 0 Å². The van der Waals surface area contributed by atoms with Crippen LogP contribution in [0.5, 0.6) is 0 Å². The van der Waals surface area contributed by atoms with Crippen LogP contribution < -0.4 is 0 Å². The van der Waals surface area contributed by atoms with E-state index in [2.05, 4.69) is 21.6 Å². The van der Waals surface area contributed by atoms with Crippen LogP contribution in [0.1, 0.15) is 31.0 Å². The molecule has 1 aromatic carbocycles. The number of benzene rings is 1. The van der Waals surface area contributed by atoms with Crippen LogP contribution in [0.4, 0.5) is 0 Å². The fourth-order valence-electron chi connectivity index (χ4n) is 2.16. The van der Waals surface area contributed by atoms with E-state index in [1.165, 1.54) is 11.0 Å².